The molecule has 0 aliphatic heterocycles. The molecule has 1 N–H and O–H groups in total. The summed E-state index contributed by atoms with van der Waals surface area (Å²) in [7, 11) is 0. The van der Waals surface area contributed by atoms with E-state index in [-0.39, 0.29) is 11.3 Å². The van der Waals surface area contributed by atoms with Crippen LogP contribution in [0.2, 0.25) is 5.28 Å². The van der Waals surface area contributed by atoms with Crippen LogP contribution in [0.4, 0.5) is 5.82 Å². The van der Waals surface area contributed by atoms with Crippen molar-refractivity contribution in [3.8, 4) is 0 Å². The third kappa shape index (κ3) is 4.28. The molecule has 0 saturated heterocycles. The molecule has 0 unspecified atom stereocenters. The van der Waals surface area contributed by atoms with Gasteiger partial charge in [-0.05, 0) is 37.4 Å². The van der Waals surface area contributed by atoms with Crippen LogP contribution in [0.3, 0.4) is 0 Å². The Bertz CT molecular complexity index is 630. The van der Waals surface area contributed by atoms with Crippen molar-refractivity contribution in [1.29, 1.82) is 0 Å². The van der Waals surface area contributed by atoms with Crippen LogP contribution in [-0.4, -0.2) is 29.1 Å². The predicted molar refractivity (Wildman–Crippen MR) is 86.2 cm³/mol. The molecule has 21 heavy (non-hydrogen) atoms. The average molecular weight is 328 g/mol. The Morgan fingerprint density at radius 3 is 2.95 bits per heavy atom. The van der Waals surface area contributed by atoms with Gasteiger partial charge in [0.2, 0.25) is 5.28 Å². The molecule has 5 nitrogen and oxygen atoms in total. The van der Waals surface area contributed by atoms with Crippen molar-refractivity contribution >= 4 is 44.9 Å². The van der Waals surface area contributed by atoms with Crippen LogP contribution in [0.15, 0.2) is 6.07 Å². The Labute approximate surface area is 132 Å². The molecule has 0 radical (unpaired) electrons. The quantitative estimate of drug-likeness (QED) is 0.477. The van der Waals surface area contributed by atoms with Gasteiger partial charge in [-0.2, -0.15) is 0 Å². The van der Waals surface area contributed by atoms with Gasteiger partial charge in [0.1, 0.15) is 10.6 Å². The number of halogens is 1. The Morgan fingerprint density at radius 2 is 2.24 bits per heavy atom. The van der Waals surface area contributed by atoms with Gasteiger partial charge in [-0.25, -0.2) is 9.97 Å². The minimum absolute atomic E-state index is 0.172. The molecular formula is C14H18ClN3O2S. The minimum atomic E-state index is -0.172. The maximum absolute atomic E-state index is 11.3. The first kappa shape index (κ1) is 16.0. The van der Waals surface area contributed by atoms with Crippen LogP contribution in [0.25, 0.3) is 10.2 Å². The van der Waals surface area contributed by atoms with Crippen molar-refractivity contribution in [1.82, 2.24) is 9.97 Å². The molecule has 2 aromatic rings. The number of aryl methyl sites for hydroxylation is 1. The minimum Gasteiger partial charge on any atom is -0.466 e. The van der Waals surface area contributed by atoms with Crippen molar-refractivity contribution in [3.05, 3.63) is 16.2 Å². The molecular weight excluding hydrogens is 310 g/mol. The second kappa shape index (κ2) is 7.56. The molecule has 2 aromatic heterocycles. The third-order valence-electron chi connectivity index (χ3n) is 2.92. The van der Waals surface area contributed by atoms with E-state index < -0.39 is 0 Å². The first-order valence-corrected chi connectivity index (χ1v) is 8.19. The van der Waals surface area contributed by atoms with Gasteiger partial charge in [0.25, 0.3) is 0 Å². The van der Waals surface area contributed by atoms with E-state index in [9.17, 15) is 4.79 Å². The molecule has 0 aliphatic rings. The van der Waals surface area contributed by atoms with Crippen LogP contribution < -0.4 is 5.32 Å². The lowest BCUT2D eigenvalue weighted by Crippen LogP contribution is -2.09. The molecule has 2 heterocycles. The van der Waals surface area contributed by atoms with Crippen molar-refractivity contribution in [3.63, 3.8) is 0 Å². The zero-order valence-electron chi connectivity index (χ0n) is 12.1. The average Bonchev–Trinajstić information content (AvgIpc) is 2.86. The molecule has 0 bridgehead atoms. The lowest BCUT2D eigenvalue weighted by atomic mass is 10.3. The summed E-state index contributed by atoms with van der Waals surface area (Å²) in [5.74, 6) is 0.554. The van der Waals surface area contributed by atoms with Gasteiger partial charge in [0.05, 0.1) is 12.0 Å². The second-order valence-electron chi connectivity index (χ2n) is 4.46. The number of hydrogen-bond acceptors (Lipinski definition) is 6. The molecule has 2 rings (SSSR count). The number of anilines is 1. The Balaban J connectivity index is 2.01. The summed E-state index contributed by atoms with van der Waals surface area (Å²) in [5, 5.41) is 4.45. The molecule has 0 amide bonds. The van der Waals surface area contributed by atoms with Crippen LogP contribution >= 0.6 is 22.9 Å². The third-order valence-corrected chi connectivity index (χ3v) is 4.26. The number of nitrogens with one attached hydrogen (secondary N) is 1. The molecule has 7 heteroatoms. The lowest BCUT2D eigenvalue weighted by Gasteiger charge is -2.06. The van der Waals surface area contributed by atoms with Gasteiger partial charge in [0, 0.05) is 17.8 Å². The van der Waals surface area contributed by atoms with E-state index in [1.165, 1.54) is 4.88 Å². The first-order chi connectivity index (χ1) is 10.1. The van der Waals surface area contributed by atoms with Gasteiger partial charge >= 0.3 is 5.97 Å². The highest BCUT2D eigenvalue weighted by Crippen LogP contribution is 2.30. The van der Waals surface area contributed by atoms with E-state index in [2.05, 4.69) is 28.3 Å². The normalized spacial score (nSPS) is 10.8. The SMILES string of the molecule is CCOC(=O)CCCNc1nc(Cl)nc2sc(CC)cc12. The maximum atomic E-state index is 11.3. The number of rotatable bonds is 7. The van der Waals surface area contributed by atoms with E-state index in [0.717, 1.165) is 22.5 Å². The van der Waals surface area contributed by atoms with E-state index in [0.29, 0.717) is 26.0 Å². The lowest BCUT2D eigenvalue weighted by molar-refractivity contribution is -0.143. The second-order valence-corrected chi connectivity index (χ2v) is 5.91. The zero-order chi connectivity index (χ0) is 15.2. The van der Waals surface area contributed by atoms with Crippen LogP contribution in [0, 0.1) is 0 Å². The van der Waals surface area contributed by atoms with Crippen LogP contribution in [-0.2, 0) is 16.0 Å². The topological polar surface area (TPSA) is 64.1 Å². The summed E-state index contributed by atoms with van der Waals surface area (Å²) in [6, 6.07) is 2.09. The molecule has 0 saturated carbocycles. The van der Waals surface area contributed by atoms with Crippen molar-refractivity contribution in [2.45, 2.75) is 33.1 Å². The fourth-order valence-corrected chi connectivity index (χ4v) is 3.11. The standard InChI is InChI=1S/C14H18ClN3O2S/c1-3-9-8-10-12(17-14(15)18-13(10)21-9)16-7-5-6-11(19)20-4-2/h8H,3-7H2,1-2H3,(H,16,17,18). The van der Waals surface area contributed by atoms with E-state index >= 15 is 0 Å². The highest BCUT2D eigenvalue weighted by atomic mass is 35.5. The summed E-state index contributed by atoms with van der Waals surface area (Å²) in [4.78, 5) is 21.9. The number of nitrogens with zero attached hydrogens (tertiary/aromatic N) is 2. The number of hydrogen-bond donors (Lipinski definition) is 1. The summed E-state index contributed by atoms with van der Waals surface area (Å²) in [6.45, 7) is 4.96. The van der Waals surface area contributed by atoms with Crippen molar-refractivity contribution in [2.24, 2.45) is 0 Å². The first-order valence-electron chi connectivity index (χ1n) is 6.99. The predicted octanol–water partition coefficient (Wildman–Crippen LogP) is 3.66. The maximum Gasteiger partial charge on any atom is 0.305 e. The number of fused-ring (bicyclic) bond motifs is 1. The monoisotopic (exact) mass is 327 g/mol. The van der Waals surface area contributed by atoms with Gasteiger partial charge in [0.15, 0.2) is 0 Å². The highest BCUT2D eigenvalue weighted by molar-refractivity contribution is 7.18. The zero-order valence-corrected chi connectivity index (χ0v) is 13.7. The summed E-state index contributed by atoms with van der Waals surface area (Å²) < 4.78 is 4.89. The van der Waals surface area contributed by atoms with E-state index in [4.69, 9.17) is 16.3 Å². The molecule has 0 aliphatic carbocycles. The van der Waals surface area contributed by atoms with E-state index in [1.54, 1.807) is 18.3 Å². The van der Waals surface area contributed by atoms with Gasteiger partial charge in [-0.15, -0.1) is 11.3 Å². The smallest absolute Gasteiger partial charge is 0.305 e. The fourth-order valence-electron chi connectivity index (χ4n) is 1.93. The Kier molecular flexibility index (Phi) is 5.76. The van der Waals surface area contributed by atoms with Gasteiger partial charge in [-0.1, -0.05) is 6.92 Å². The van der Waals surface area contributed by atoms with Crippen molar-refractivity contribution in [2.75, 3.05) is 18.5 Å². The molecule has 0 fully saturated rings. The molecule has 114 valence electrons. The number of esters is 1. The largest absolute Gasteiger partial charge is 0.466 e. The Hall–Kier alpha value is -1.40. The summed E-state index contributed by atoms with van der Waals surface area (Å²) in [6.07, 6.45) is 2.04. The van der Waals surface area contributed by atoms with Gasteiger partial charge < -0.3 is 10.1 Å². The number of ether oxygens (including phenoxy) is 1. The number of aromatic nitrogens is 2. The number of carbonyl (C=O) groups is 1. The van der Waals surface area contributed by atoms with Crippen LogP contribution in [0.5, 0.6) is 0 Å². The van der Waals surface area contributed by atoms with Crippen molar-refractivity contribution < 1.29 is 9.53 Å². The highest BCUT2D eigenvalue weighted by Gasteiger charge is 2.10. The Morgan fingerprint density at radius 1 is 1.43 bits per heavy atom. The summed E-state index contributed by atoms with van der Waals surface area (Å²) >= 11 is 7.58. The molecule has 0 aromatic carbocycles. The fraction of sp³-hybridized carbons (Fsp3) is 0.500. The van der Waals surface area contributed by atoms with E-state index in [1.807, 2.05) is 0 Å². The van der Waals surface area contributed by atoms with Crippen LogP contribution in [0.1, 0.15) is 31.6 Å². The number of carbonyl (C=O) groups excluding carboxylic acids is 1. The van der Waals surface area contributed by atoms with Gasteiger partial charge in [-0.3, -0.25) is 4.79 Å². The molecule has 0 atom stereocenters. The summed E-state index contributed by atoms with van der Waals surface area (Å²) in [5.41, 5.74) is 0. The number of thiophene rings is 1. The molecule has 0 spiro atoms.